The number of aromatic nitrogens is 2. The summed E-state index contributed by atoms with van der Waals surface area (Å²) in [6, 6.07) is 8.17. The van der Waals surface area contributed by atoms with Crippen molar-refractivity contribution in [1.29, 1.82) is 0 Å². The molecule has 0 amide bonds. The number of nitrogen functional groups attached to an aromatic ring is 1. The minimum Gasteiger partial charge on any atom is -0.464 e. The van der Waals surface area contributed by atoms with E-state index >= 15 is 0 Å². The molecule has 0 fully saturated rings. The zero-order valence-electron chi connectivity index (χ0n) is 12.0. The molecule has 0 saturated heterocycles. The number of nitrogens with two attached hydrogens (primary N) is 1. The first-order chi connectivity index (χ1) is 9.56. The van der Waals surface area contributed by atoms with Gasteiger partial charge in [0.1, 0.15) is 11.6 Å². The van der Waals surface area contributed by atoms with E-state index in [0.29, 0.717) is 18.8 Å². The van der Waals surface area contributed by atoms with Crippen LogP contribution in [0.4, 0.5) is 5.82 Å². The molecule has 5 nitrogen and oxygen atoms in total. The number of rotatable bonds is 4. The summed E-state index contributed by atoms with van der Waals surface area (Å²) in [5.74, 6) is 0.639. The summed E-state index contributed by atoms with van der Waals surface area (Å²) >= 11 is 0. The van der Waals surface area contributed by atoms with Crippen LogP contribution in [0.15, 0.2) is 24.3 Å². The summed E-state index contributed by atoms with van der Waals surface area (Å²) in [5, 5.41) is 0. The molecule has 0 spiro atoms. The first-order valence-corrected chi connectivity index (χ1v) is 6.55. The van der Waals surface area contributed by atoms with Crippen LogP contribution in [0.5, 0.6) is 0 Å². The third kappa shape index (κ3) is 2.66. The maximum Gasteiger partial charge on any atom is 0.360 e. The average Bonchev–Trinajstić information content (AvgIpc) is 2.75. The number of methoxy groups -OCH3 is 1. The van der Waals surface area contributed by atoms with Gasteiger partial charge in [0, 0.05) is 6.42 Å². The van der Waals surface area contributed by atoms with E-state index in [1.807, 2.05) is 36.6 Å². The molecule has 2 aromatic rings. The summed E-state index contributed by atoms with van der Waals surface area (Å²) in [5.41, 5.74) is 8.55. The highest BCUT2D eigenvalue weighted by atomic mass is 16.5. The van der Waals surface area contributed by atoms with E-state index in [4.69, 9.17) is 10.5 Å². The molecule has 2 rings (SSSR count). The lowest BCUT2D eigenvalue weighted by atomic mass is 10.1. The number of aryl methyl sites for hydroxylation is 2. The first kappa shape index (κ1) is 14.1. The van der Waals surface area contributed by atoms with Gasteiger partial charge in [0.25, 0.3) is 0 Å². The van der Waals surface area contributed by atoms with E-state index in [1.165, 1.54) is 12.7 Å². The molecule has 1 aromatic heterocycles. The molecule has 5 heteroatoms. The molecule has 0 saturated carbocycles. The highest BCUT2D eigenvalue weighted by Crippen LogP contribution is 2.18. The Labute approximate surface area is 118 Å². The second-order valence-electron chi connectivity index (χ2n) is 4.68. The van der Waals surface area contributed by atoms with Crippen molar-refractivity contribution in [2.75, 3.05) is 12.8 Å². The summed E-state index contributed by atoms with van der Waals surface area (Å²) < 4.78 is 6.57. The van der Waals surface area contributed by atoms with Gasteiger partial charge in [-0.2, -0.15) is 0 Å². The number of benzene rings is 1. The van der Waals surface area contributed by atoms with E-state index in [0.717, 1.165) is 11.4 Å². The van der Waals surface area contributed by atoms with Crippen LogP contribution in [0, 0.1) is 6.92 Å². The van der Waals surface area contributed by atoms with Crippen molar-refractivity contribution in [3.63, 3.8) is 0 Å². The van der Waals surface area contributed by atoms with Crippen LogP contribution in [-0.4, -0.2) is 22.6 Å². The number of esters is 1. The van der Waals surface area contributed by atoms with Crippen LogP contribution < -0.4 is 5.73 Å². The van der Waals surface area contributed by atoms with Crippen LogP contribution in [-0.2, 0) is 17.7 Å². The monoisotopic (exact) mass is 273 g/mol. The van der Waals surface area contributed by atoms with Crippen molar-refractivity contribution < 1.29 is 9.53 Å². The Hall–Kier alpha value is -2.30. The number of anilines is 1. The molecule has 0 aliphatic heterocycles. The average molecular weight is 273 g/mol. The van der Waals surface area contributed by atoms with Crippen LogP contribution >= 0.6 is 0 Å². The molecule has 0 radical (unpaired) electrons. The highest BCUT2D eigenvalue weighted by molar-refractivity contribution is 5.92. The van der Waals surface area contributed by atoms with Gasteiger partial charge < -0.3 is 15.0 Å². The van der Waals surface area contributed by atoms with Crippen LogP contribution in [0.2, 0.25) is 0 Å². The quantitative estimate of drug-likeness (QED) is 0.867. The van der Waals surface area contributed by atoms with E-state index in [2.05, 4.69) is 11.1 Å². The molecular formula is C15H19N3O2. The molecule has 0 aliphatic rings. The number of carbonyl (C=O) groups excluding carboxylic acids is 1. The zero-order valence-corrected chi connectivity index (χ0v) is 12.0. The Morgan fingerprint density at radius 2 is 2.20 bits per heavy atom. The number of imidazole rings is 1. The summed E-state index contributed by atoms with van der Waals surface area (Å²) in [6.45, 7) is 4.62. The Kier molecular flexibility index (Phi) is 4.08. The molecule has 0 unspecified atom stereocenters. The van der Waals surface area contributed by atoms with Gasteiger partial charge in [0.2, 0.25) is 0 Å². The second kappa shape index (κ2) is 5.77. The minimum atomic E-state index is -0.500. The lowest BCUT2D eigenvalue weighted by molar-refractivity contribution is 0.0595. The SMILES string of the molecule is CCc1nc(C(=O)OC)c(N)n1Cc1cccc(C)c1. The van der Waals surface area contributed by atoms with Gasteiger partial charge in [-0.05, 0) is 12.5 Å². The first-order valence-electron chi connectivity index (χ1n) is 6.55. The molecule has 0 bridgehead atoms. The fourth-order valence-electron chi connectivity index (χ4n) is 2.20. The van der Waals surface area contributed by atoms with Gasteiger partial charge in [-0.25, -0.2) is 9.78 Å². The Bertz CT molecular complexity index is 632. The number of carbonyl (C=O) groups is 1. The van der Waals surface area contributed by atoms with Crippen molar-refractivity contribution in [2.24, 2.45) is 0 Å². The Morgan fingerprint density at radius 3 is 2.80 bits per heavy atom. The number of ether oxygens (including phenoxy) is 1. The van der Waals surface area contributed by atoms with Gasteiger partial charge in [0.05, 0.1) is 13.7 Å². The van der Waals surface area contributed by atoms with E-state index in [-0.39, 0.29) is 5.69 Å². The second-order valence-corrected chi connectivity index (χ2v) is 4.68. The third-order valence-corrected chi connectivity index (χ3v) is 3.20. The third-order valence-electron chi connectivity index (χ3n) is 3.20. The topological polar surface area (TPSA) is 70.1 Å². The Balaban J connectivity index is 2.40. The largest absolute Gasteiger partial charge is 0.464 e. The lowest BCUT2D eigenvalue weighted by Gasteiger charge is -2.09. The molecule has 106 valence electrons. The van der Waals surface area contributed by atoms with Crippen molar-refractivity contribution in [3.05, 3.63) is 46.9 Å². The number of hydrogen-bond acceptors (Lipinski definition) is 4. The maximum atomic E-state index is 11.6. The summed E-state index contributed by atoms with van der Waals surface area (Å²) in [6.07, 6.45) is 0.701. The van der Waals surface area contributed by atoms with Crippen LogP contribution in [0.25, 0.3) is 0 Å². The normalized spacial score (nSPS) is 10.6. The number of hydrogen-bond donors (Lipinski definition) is 1. The van der Waals surface area contributed by atoms with Crippen LogP contribution in [0.3, 0.4) is 0 Å². The van der Waals surface area contributed by atoms with Crippen molar-refractivity contribution in [1.82, 2.24) is 9.55 Å². The molecule has 0 atom stereocenters. The van der Waals surface area contributed by atoms with Gasteiger partial charge >= 0.3 is 5.97 Å². The predicted octanol–water partition coefficient (Wildman–Crippen LogP) is 2.17. The van der Waals surface area contributed by atoms with E-state index < -0.39 is 5.97 Å². The smallest absolute Gasteiger partial charge is 0.360 e. The lowest BCUT2D eigenvalue weighted by Crippen LogP contribution is -2.10. The molecule has 0 aliphatic carbocycles. The molecule has 2 N–H and O–H groups in total. The summed E-state index contributed by atoms with van der Waals surface area (Å²) in [4.78, 5) is 15.9. The van der Waals surface area contributed by atoms with Crippen molar-refractivity contribution in [2.45, 2.75) is 26.8 Å². The molecule has 20 heavy (non-hydrogen) atoms. The highest BCUT2D eigenvalue weighted by Gasteiger charge is 2.20. The van der Waals surface area contributed by atoms with Gasteiger partial charge in [-0.3, -0.25) is 0 Å². The molecule has 1 aromatic carbocycles. The fourth-order valence-corrected chi connectivity index (χ4v) is 2.20. The van der Waals surface area contributed by atoms with E-state index in [9.17, 15) is 4.79 Å². The maximum absolute atomic E-state index is 11.6. The zero-order chi connectivity index (χ0) is 14.7. The van der Waals surface area contributed by atoms with Crippen molar-refractivity contribution >= 4 is 11.8 Å². The Morgan fingerprint density at radius 1 is 1.45 bits per heavy atom. The van der Waals surface area contributed by atoms with Crippen molar-refractivity contribution in [3.8, 4) is 0 Å². The fraction of sp³-hybridized carbons (Fsp3) is 0.333. The minimum absolute atomic E-state index is 0.192. The van der Waals surface area contributed by atoms with Gasteiger partial charge in [0.15, 0.2) is 5.69 Å². The van der Waals surface area contributed by atoms with Crippen LogP contribution in [0.1, 0.15) is 34.4 Å². The van der Waals surface area contributed by atoms with Gasteiger partial charge in [-0.1, -0.05) is 36.8 Å². The van der Waals surface area contributed by atoms with E-state index in [1.54, 1.807) is 0 Å². The predicted molar refractivity (Wildman–Crippen MR) is 77.6 cm³/mol. The number of nitrogens with zero attached hydrogens (tertiary/aromatic N) is 2. The standard InChI is InChI=1S/C15H19N3O2/c1-4-12-17-13(15(19)20-3)14(16)18(12)9-11-7-5-6-10(2)8-11/h5-8H,4,9,16H2,1-3H3. The van der Waals surface area contributed by atoms with Gasteiger partial charge in [-0.15, -0.1) is 0 Å². The summed E-state index contributed by atoms with van der Waals surface area (Å²) in [7, 11) is 1.33. The molecular weight excluding hydrogens is 254 g/mol. The molecule has 1 heterocycles.